The summed E-state index contributed by atoms with van der Waals surface area (Å²) in [5.74, 6) is 0.947. The van der Waals surface area contributed by atoms with Crippen LogP contribution in [0.25, 0.3) is 18.2 Å². The summed E-state index contributed by atoms with van der Waals surface area (Å²) in [5.41, 5.74) is 19.1. The molecule has 3 aromatic rings. The van der Waals surface area contributed by atoms with E-state index in [1.165, 1.54) is 56.0 Å². The van der Waals surface area contributed by atoms with Gasteiger partial charge in [-0.15, -0.1) is 0 Å². The van der Waals surface area contributed by atoms with Gasteiger partial charge in [0.1, 0.15) is 0 Å². The number of allylic oxidation sites excluding steroid dienone is 7. The molecule has 1 nitrogen and oxygen atoms in total. The van der Waals surface area contributed by atoms with E-state index in [9.17, 15) is 0 Å². The maximum atomic E-state index is 2.63. The van der Waals surface area contributed by atoms with E-state index in [-0.39, 0.29) is 10.8 Å². The van der Waals surface area contributed by atoms with Crippen molar-refractivity contribution in [3.05, 3.63) is 134 Å². The Balaban J connectivity index is 1.37. The van der Waals surface area contributed by atoms with Crippen LogP contribution in [0.15, 0.2) is 84.1 Å². The SMILES string of the molecule is C/C=C\c1c(C)c2c(c3c1CC1C(=C3)C(C)(C)c3cccc(N4C5=CC=CC[C@]5(C)c5ccccc54)c31)CC(C)C=C2. The van der Waals surface area contributed by atoms with Gasteiger partial charge in [-0.2, -0.15) is 0 Å². The van der Waals surface area contributed by atoms with Crippen LogP contribution in [-0.4, -0.2) is 0 Å². The van der Waals surface area contributed by atoms with Crippen LogP contribution in [0.1, 0.15) is 97.0 Å². The van der Waals surface area contributed by atoms with Crippen molar-refractivity contribution in [1.29, 1.82) is 0 Å². The van der Waals surface area contributed by atoms with Crippen LogP contribution < -0.4 is 4.90 Å². The van der Waals surface area contributed by atoms with Crippen molar-refractivity contribution in [1.82, 2.24) is 0 Å². The fraction of sp³-hybridized carbons (Fsp3) is 0.317. The van der Waals surface area contributed by atoms with Gasteiger partial charge >= 0.3 is 0 Å². The Morgan fingerprint density at radius 1 is 0.905 bits per heavy atom. The molecular formula is C41H41N. The number of fused-ring (bicyclic) bond motifs is 9. The van der Waals surface area contributed by atoms with Crippen LogP contribution in [-0.2, 0) is 23.7 Å². The van der Waals surface area contributed by atoms with E-state index in [2.05, 4.69) is 138 Å². The Hall–Kier alpha value is -3.84. The summed E-state index contributed by atoms with van der Waals surface area (Å²) in [6.07, 6.45) is 22.2. The summed E-state index contributed by atoms with van der Waals surface area (Å²) >= 11 is 0. The van der Waals surface area contributed by atoms with Crippen LogP contribution in [0.5, 0.6) is 0 Å². The normalized spacial score (nSPS) is 25.8. The largest absolute Gasteiger partial charge is 0.313 e. The van der Waals surface area contributed by atoms with E-state index >= 15 is 0 Å². The van der Waals surface area contributed by atoms with Gasteiger partial charge in [0.15, 0.2) is 0 Å². The van der Waals surface area contributed by atoms with E-state index in [1.807, 2.05) is 0 Å². The second kappa shape index (κ2) is 8.83. The van der Waals surface area contributed by atoms with Crippen molar-refractivity contribution in [2.75, 3.05) is 4.90 Å². The number of rotatable bonds is 2. The molecule has 4 aliphatic carbocycles. The molecule has 0 aromatic heterocycles. The Bertz CT molecular complexity index is 1840. The third-order valence-corrected chi connectivity index (χ3v) is 11.2. The molecule has 8 rings (SSSR count). The van der Waals surface area contributed by atoms with Gasteiger partial charge in [-0.3, -0.25) is 0 Å². The predicted octanol–water partition coefficient (Wildman–Crippen LogP) is 10.5. The van der Waals surface area contributed by atoms with Crippen molar-refractivity contribution in [3.8, 4) is 0 Å². The lowest BCUT2D eigenvalue weighted by Crippen LogP contribution is -2.27. The molecule has 3 atom stereocenters. The standard InChI is InChI=1S/C41H41N/c1-7-13-27-26(3)28-20-19-25(2)22-29(28)31-24-35-32(23-30(27)31)39-34(40(35,4)5)15-12-17-37(39)42-36-16-9-8-14-33(36)41(6)21-11-10-18-38(41)42/h7-20,24-25,32H,21-23H2,1-6H3/b13-7-/t25?,32?,41-/m1/s1. The highest BCUT2D eigenvalue weighted by atomic mass is 15.2. The molecule has 0 saturated carbocycles. The van der Waals surface area contributed by atoms with E-state index in [1.54, 1.807) is 16.7 Å². The average Bonchev–Trinajstić information content (AvgIpc) is 3.39. The highest BCUT2D eigenvalue weighted by molar-refractivity contribution is 5.87. The lowest BCUT2D eigenvalue weighted by atomic mass is 9.71. The fourth-order valence-corrected chi connectivity index (χ4v) is 9.06. The fourth-order valence-electron chi connectivity index (χ4n) is 9.06. The number of anilines is 2. The average molecular weight is 548 g/mol. The van der Waals surface area contributed by atoms with Gasteiger partial charge in [0.25, 0.3) is 0 Å². The van der Waals surface area contributed by atoms with Gasteiger partial charge in [-0.1, -0.05) is 99.2 Å². The smallest absolute Gasteiger partial charge is 0.0500 e. The van der Waals surface area contributed by atoms with Crippen molar-refractivity contribution in [2.45, 2.75) is 77.6 Å². The van der Waals surface area contributed by atoms with Gasteiger partial charge in [0.2, 0.25) is 0 Å². The molecule has 0 N–H and O–H groups in total. The molecule has 1 heterocycles. The second-order valence-corrected chi connectivity index (χ2v) is 14.0. The maximum absolute atomic E-state index is 2.63. The zero-order valence-corrected chi connectivity index (χ0v) is 25.9. The minimum Gasteiger partial charge on any atom is -0.313 e. The molecule has 1 aliphatic heterocycles. The molecule has 0 radical (unpaired) electrons. The Morgan fingerprint density at radius 3 is 2.52 bits per heavy atom. The van der Waals surface area contributed by atoms with Crippen molar-refractivity contribution >= 4 is 29.6 Å². The molecular weight excluding hydrogens is 506 g/mol. The lowest BCUT2D eigenvalue weighted by Gasteiger charge is -2.34. The molecule has 5 aliphatic rings. The molecule has 0 amide bonds. The molecule has 42 heavy (non-hydrogen) atoms. The van der Waals surface area contributed by atoms with Crippen molar-refractivity contribution in [2.24, 2.45) is 5.92 Å². The van der Waals surface area contributed by atoms with Crippen LogP contribution >= 0.6 is 0 Å². The van der Waals surface area contributed by atoms with E-state index < -0.39 is 0 Å². The molecule has 2 unspecified atom stereocenters. The molecule has 1 heteroatoms. The molecule has 210 valence electrons. The third kappa shape index (κ3) is 3.26. The highest BCUT2D eigenvalue weighted by Crippen LogP contribution is 2.61. The monoisotopic (exact) mass is 547 g/mol. The van der Waals surface area contributed by atoms with E-state index in [0.29, 0.717) is 11.8 Å². The molecule has 0 bridgehead atoms. The minimum atomic E-state index is -0.0221. The first-order valence-electron chi connectivity index (χ1n) is 15.9. The van der Waals surface area contributed by atoms with Crippen LogP contribution in [0.4, 0.5) is 11.4 Å². The van der Waals surface area contributed by atoms with E-state index in [0.717, 1.165) is 19.3 Å². The Morgan fingerprint density at radius 2 is 1.69 bits per heavy atom. The van der Waals surface area contributed by atoms with Gasteiger partial charge < -0.3 is 4.90 Å². The summed E-state index contributed by atoms with van der Waals surface area (Å²) in [5, 5.41) is 0. The summed E-state index contributed by atoms with van der Waals surface area (Å²) in [4.78, 5) is 2.61. The summed E-state index contributed by atoms with van der Waals surface area (Å²) < 4.78 is 0. The molecule has 0 spiro atoms. The summed E-state index contributed by atoms with van der Waals surface area (Å²) in [6, 6.07) is 16.2. The predicted molar refractivity (Wildman–Crippen MR) is 179 cm³/mol. The van der Waals surface area contributed by atoms with E-state index in [4.69, 9.17) is 0 Å². The number of benzene rings is 3. The number of nitrogens with zero attached hydrogens (tertiary/aromatic N) is 1. The zero-order chi connectivity index (χ0) is 29.0. The van der Waals surface area contributed by atoms with Crippen molar-refractivity contribution in [3.63, 3.8) is 0 Å². The lowest BCUT2D eigenvalue weighted by molar-refractivity contribution is 0.577. The van der Waals surface area contributed by atoms with Gasteiger partial charge in [-0.05, 0) is 114 Å². The minimum absolute atomic E-state index is 0.000496. The topological polar surface area (TPSA) is 3.24 Å². The molecule has 3 aromatic carbocycles. The zero-order valence-electron chi connectivity index (χ0n) is 25.9. The van der Waals surface area contributed by atoms with Gasteiger partial charge in [0, 0.05) is 28.1 Å². The summed E-state index contributed by atoms with van der Waals surface area (Å²) in [7, 11) is 0. The second-order valence-electron chi connectivity index (χ2n) is 14.0. The first kappa shape index (κ1) is 25.8. The van der Waals surface area contributed by atoms with Crippen LogP contribution in [0.3, 0.4) is 0 Å². The number of hydrogen-bond acceptors (Lipinski definition) is 1. The first-order chi connectivity index (χ1) is 20.3. The maximum Gasteiger partial charge on any atom is 0.0500 e. The number of hydrogen-bond donors (Lipinski definition) is 0. The number of para-hydroxylation sites is 1. The van der Waals surface area contributed by atoms with Crippen LogP contribution in [0.2, 0.25) is 0 Å². The Labute approximate surface area is 251 Å². The van der Waals surface area contributed by atoms with Gasteiger partial charge in [0.05, 0.1) is 5.69 Å². The first-order valence-corrected chi connectivity index (χ1v) is 15.9. The van der Waals surface area contributed by atoms with Gasteiger partial charge in [-0.25, -0.2) is 0 Å². The highest BCUT2D eigenvalue weighted by Gasteiger charge is 2.49. The summed E-state index contributed by atoms with van der Waals surface area (Å²) in [6.45, 7) is 14.2. The molecule has 0 saturated heterocycles. The third-order valence-electron chi connectivity index (χ3n) is 11.2. The quantitative estimate of drug-likeness (QED) is 0.308. The molecule has 0 fully saturated rings. The van der Waals surface area contributed by atoms with Crippen LogP contribution in [0, 0.1) is 12.8 Å². The Kier molecular flexibility index (Phi) is 5.43. The van der Waals surface area contributed by atoms with Crippen molar-refractivity contribution < 1.29 is 0 Å².